The molecule has 126 valence electrons. The fourth-order valence-corrected chi connectivity index (χ4v) is 3.83. The molecular weight excluding hydrogens is 320 g/mol. The molecule has 3 aliphatic heterocycles. The summed E-state index contributed by atoms with van der Waals surface area (Å²) < 4.78 is 17.0. The Labute approximate surface area is 145 Å². The monoisotopic (exact) mass is 336 g/mol. The Morgan fingerprint density at radius 1 is 1.16 bits per heavy atom. The first-order chi connectivity index (χ1) is 11.9. The summed E-state index contributed by atoms with van der Waals surface area (Å²) in [7, 11) is 1.48. The standard InChI is InChI=1S/C18H16N4O3/c1-11-16(2)24-14(12-6-4-5-7-13(12)23-3)18(10-21,15(22)25-16)17(11,8-19)9-20/h4-7,11,14,22H,1-3H3/t11-,14+,16+,18+/m1/s1. The lowest BCUT2D eigenvalue weighted by Crippen LogP contribution is -2.71. The normalized spacial score (nSPS) is 35.0. The molecule has 2 bridgehead atoms. The van der Waals surface area contributed by atoms with Crippen molar-refractivity contribution in [1.82, 2.24) is 0 Å². The minimum Gasteiger partial charge on any atom is -0.496 e. The largest absolute Gasteiger partial charge is 0.496 e. The molecule has 3 heterocycles. The van der Waals surface area contributed by atoms with Crippen molar-refractivity contribution in [2.24, 2.45) is 16.7 Å². The number of methoxy groups -OCH3 is 1. The highest BCUT2D eigenvalue weighted by molar-refractivity contribution is 5.89. The van der Waals surface area contributed by atoms with Crippen molar-refractivity contribution in [1.29, 1.82) is 21.2 Å². The van der Waals surface area contributed by atoms with E-state index >= 15 is 0 Å². The van der Waals surface area contributed by atoms with Gasteiger partial charge in [0, 0.05) is 12.5 Å². The summed E-state index contributed by atoms with van der Waals surface area (Å²) in [5.74, 6) is -2.11. The van der Waals surface area contributed by atoms with Gasteiger partial charge in [0.25, 0.3) is 0 Å². The molecule has 3 fully saturated rings. The van der Waals surface area contributed by atoms with E-state index in [0.717, 1.165) is 0 Å². The van der Waals surface area contributed by atoms with E-state index in [4.69, 9.17) is 19.6 Å². The van der Waals surface area contributed by atoms with E-state index in [9.17, 15) is 15.8 Å². The van der Waals surface area contributed by atoms with Crippen LogP contribution in [0, 0.1) is 56.2 Å². The number of nitriles is 3. The molecule has 0 radical (unpaired) electrons. The number of fused-ring (bicyclic) bond motifs is 3. The van der Waals surface area contributed by atoms with E-state index in [1.165, 1.54) is 7.11 Å². The molecular formula is C18H16N4O3. The molecule has 0 aliphatic carbocycles. The minimum absolute atomic E-state index is 0.430. The van der Waals surface area contributed by atoms with Crippen LogP contribution < -0.4 is 4.74 Å². The Morgan fingerprint density at radius 3 is 2.36 bits per heavy atom. The number of nitrogens with zero attached hydrogens (tertiary/aromatic N) is 3. The highest BCUT2D eigenvalue weighted by Crippen LogP contribution is 2.66. The lowest BCUT2D eigenvalue weighted by Gasteiger charge is -2.60. The van der Waals surface area contributed by atoms with Crippen LogP contribution in [0.3, 0.4) is 0 Å². The van der Waals surface area contributed by atoms with E-state index in [1.54, 1.807) is 38.1 Å². The quantitative estimate of drug-likeness (QED) is 0.885. The first-order valence-electron chi connectivity index (χ1n) is 7.69. The fraction of sp³-hybridized carbons (Fsp3) is 0.444. The summed E-state index contributed by atoms with van der Waals surface area (Å²) >= 11 is 0. The molecule has 3 saturated heterocycles. The number of hydrogen-bond donors (Lipinski definition) is 1. The van der Waals surface area contributed by atoms with Gasteiger partial charge in [0.15, 0.2) is 10.8 Å². The molecule has 0 saturated carbocycles. The van der Waals surface area contributed by atoms with Crippen LogP contribution in [-0.2, 0) is 9.47 Å². The van der Waals surface area contributed by atoms with Crippen LogP contribution >= 0.6 is 0 Å². The van der Waals surface area contributed by atoms with Crippen molar-refractivity contribution >= 4 is 5.90 Å². The average Bonchev–Trinajstić information content (AvgIpc) is 2.63. The molecule has 0 amide bonds. The number of nitrogens with one attached hydrogen (secondary N) is 1. The lowest BCUT2D eigenvalue weighted by molar-refractivity contribution is -0.338. The molecule has 4 atom stereocenters. The Balaban J connectivity index is 2.37. The van der Waals surface area contributed by atoms with Crippen molar-refractivity contribution in [2.45, 2.75) is 25.7 Å². The van der Waals surface area contributed by atoms with Gasteiger partial charge in [-0.2, -0.15) is 15.8 Å². The zero-order valence-corrected chi connectivity index (χ0v) is 14.0. The SMILES string of the molecule is COc1ccccc1[C@@H]1O[C@@]2(C)OC(=N)[C@@]1(C#N)C(C#N)(C#N)[C@@H]2C. The molecule has 1 aromatic carbocycles. The van der Waals surface area contributed by atoms with Crippen molar-refractivity contribution in [3.63, 3.8) is 0 Å². The van der Waals surface area contributed by atoms with Crippen LogP contribution in [0.15, 0.2) is 24.3 Å². The second-order valence-corrected chi connectivity index (χ2v) is 6.36. The summed E-state index contributed by atoms with van der Waals surface area (Å²) in [6.45, 7) is 3.21. The molecule has 7 nitrogen and oxygen atoms in total. The Kier molecular flexibility index (Phi) is 3.49. The van der Waals surface area contributed by atoms with Gasteiger partial charge in [0.2, 0.25) is 11.7 Å². The molecule has 1 aromatic rings. The van der Waals surface area contributed by atoms with Crippen molar-refractivity contribution < 1.29 is 14.2 Å². The molecule has 0 unspecified atom stereocenters. The van der Waals surface area contributed by atoms with Crippen molar-refractivity contribution in [2.75, 3.05) is 7.11 Å². The zero-order chi connectivity index (χ0) is 18.5. The van der Waals surface area contributed by atoms with Crippen LogP contribution in [0.1, 0.15) is 25.5 Å². The number of ether oxygens (including phenoxy) is 3. The third-order valence-corrected chi connectivity index (χ3v) is 5.42. The topological polar surface area (TPSA) is 123 Å². The number of rotatable bonds is 2. The Bertz CT molecular complexity index is 864. The van der Waals surface area contributed by atoms with Gasteiger partial charge in [0.1, 0.15) is 11.9 Å². The predicted octanol–water partition coefficient (Wildman–Crippen LogP) is 2.67. The molecule has 1 N–H and O–H groups in total. The minimum atomic E-state index is -1.90. The summed E-state index contributed by atoms with van der Waals surface area (Å²) in [4.78, 5) is 0. The van der Waals surface area contributed by atoms with E-state index in [1.807, 2.05) is 18.2 Å². The van der Waals surface area contributed by atoms with Crippen LogP contribution in [0.5, 0.6) is 5.75 Å². The smallest absolute Gasteiger partial charge is 0.215 e. The van der Waals surface area contributed by atoms with Gasteiger partial charge in [-0.25, -0.2) is 0 Å². The average molecular weight is 336 g/mol. The first-order valence-corrected chi connectivity index (χ1v) is 7.69. The molecule has 25 heavy (non-hydrogen) atoms. The van der Waals surface area contributed by atoms with E-state index in [0.29, 0.717) is 11.3 Å². The second kappa shape index (κ2) is 5.21. The lowest BCUT2D eigenvalue weighted by atomic mass is 9.51. The van der Waals surface area contributed by atoms with Gasteiger partial charge in [-0.15, -0.1) is 0 Å². The van der Waals surface area contributed by atoms with Crippen LogP contribution in [0.4, 0.5) is 0 Å². The third kappa shape index (κ3) is 1.72. The van der Waals surface area contributed by atoms with Gasteiger partial charge in [-0.05, 0) is 6.07 Å². The maximum Gasteiger partial charge on any atom is 0.215 e. The summed E-state index contributed by atoms with van der Waals surface area (Å²) in [5, 5.41) is 38.2. The van der Waals surface area contributed by atoms with Crippen molar-refractivity contribution in [3.8, 4) is 24.0 Å². The molecule has 0 spiro atoms. The van der Waals surface area contributed by atoms with Crippen LogP contribution in [0.2, 0.25) is 0 Å². The molecule has 7 heteroatoms. The highest BCUT2D eigenvalue weighted by atomic mass is 16.7. The van der Waals surface area contributed by atoms with Gasteiger partial charge in [-0.3, -0.25) is 5.41 Å². The molecule has 4 rings (SSSR count). The molecule has 0 aromatic heterocycles. The fourth-order valence-electron chi connectivity index (χ4n) is 3.83. The van der Waals surface area contributed by atoms with Crippen LogP contribution in [-0.4, -0.2) is 18.8 Å². The van der Waals surface area contributed by atoms with E-state index in [-0.39, 0.29) is 0 Å². The van der Waals surface area contributed by atoms with E-state index < -0.39 is 34.5 Å². The maximum atomic E-state index is 10.0. The second-order valence-electron chi connectivity index (χ2n) is 6.36. The predicted molar refractivity (Wildman–Crippen MR) is 84.9 cm³/mol. The number of para-hydroxylation sites is 1. The Morgan fingerprint density at radius 2 is 1.80 bits per heavy atom. The van der Waals surface area contributed by atoms with Gasteiger partial charge in [0.05, 0.1) is 31.2 Å². The van der Waals surface area contributed by atoms with Crippen molar-refractivity contribution in [3.05, 3.63) is 29.8 Å². The summed E-state index contributed by atoms with van der Waals surface area (Å²) in [6.07, 6.45) is -1.05. The number of benzene rings is 1. The van der Waals surface area contributed by atoms with Crippen LogP contribution in [0.25, 0.3) is 0 Å². The third-order valence-electron chi connectivity index (χ3n) is 5.42. The highest BCUT2D eigenvalue weighted by Gasteiger charge is 2.78. The van der Waals surface area contributed by atoms with Gasteiger partial charge in [-0.1, -0.05) is 25.1 Å². The van der Waals surface area contributed by atoms with Gasteiger partial charge < -0.3 is 14.2 Å². The number of hydrogen-bond acceptors (Lipinski definition) is 7. The first kappa shape index (κ1) is 16.8. The summed E-state index contributed by atoms with van der Waals surface area (Å²) in [6, 6.07) is 12.9. The Hall–Kier alpha value is -3.08. The maximum absolute atomic E-state index is 10.0. The van der Waals surface area contributed by atoms with E-state index in [2.05, 4.69) is 0 Å². The van der Waals surface area contributed by atoms with Gasteiger partial charge >= 0.3 is 0 Å². The molecule has 3 aliphatic rings. The summed E-state index contributed by atoms with van der Waals surface area (Å²) in [5.41, 5.74) is -3.20. The zero-order valence-electron chi connectivity index (χ0n) is 14.0.